The van der Waals surface area contributed by atoms with Crippen molar-refractivity contribution in [1.29, 1.82) is 0 Å². The van der Waals surface area contributed by atoms with Crippen LogP contribution in [0.1, 0.15) is 24.7 Å². The lowest BCUT2D eigenvalue weighted by Crippen LogP contribution is -2.13. The molecule has 30 heavy (non-hydrogen) atoms. The van der Waals surface area contributed by atoms with E-state index in [4.69, 9.17) is 10.5 Å². The van der Waals surface area contributed by atoms with E-state index in [2.05, 4.69) is 15.0 Å². The number of carbonyl (C=O) groups is 1. The number of carbonyl (C=O) groups excluding carboxylic acids is 1. The van der Waals surface area contributed by atoms with Crippen LogP contribution in [-0.4, -0.2) is 27.3 Å². The Morgan fingerprint density at radius 1 is 1.07 bits per heavy atom. The molecule has 0 aliphatic rings. The number of hydrogen-bond acceptors (Lipinski definition) is 6. The number of aromatic nitrogens is 3. The Bertz CT molecular complexity index is 1070. The highest BCUT2D eigenvalue weighted by atomic mass is 19.4. The summed E-state index contributed by atoms with van der Waals surface area (Å²) >= 11 is 0. The molecule has 2 N–H and O–H groups in total. The Kier molecular flexibility index (Phi) is 6.00. The molecule has 0 unspecified atom stereocenters. The zero-order valence-corrected chi connectivity index (χ0v) is 16.3. The Morgan fingerprint density at radius 2 is 1.77 bits per heavy atom. The number of Topliss-reactive ketones (excluding diaryl/α,β-unsaturated/α-hetero) is 1. The van der Waals surface area contributed by atoms with Gasteiger partial charge >= 0.3 is 6.18 Å². The van der Waals surface area contributed by atoms with Crippen molar-refractivity contribution in [2.75, 3.05) is 12.3 Å². The lowest BCUT2D eigenvalue weighted by molar-refractivity contribution is -0.141. The Labute approximate surface area is 171 Å². The van der Waals surface area contributed by atoms with Gasteiger partial charge in [0.15, 0.2) is 5.78 Å². The van der Waals surface area contributed by atoms with Crippen molar-refractivity contribution in [2.24, 2.45) is 0 Å². The summed E-state index contributed by atoms with van der Waals surface area (Å²) in [5, 5.41) is 0. The maximum atomic E-state index is 13.4. The summed E-state index contributed by atoms with van der Waals surface area (Å²) in [4.78, 5) is 23.6. The van der Waals surface area contributed by atoms with E-state index in [-0.39, 0.29) is 47.5 Å². The molecule has 156 valence electrons. The number of ether oxygens (including phenoxy) is 1. The van der Waals surface area contributed by atoms with E-state index < -0.39 is 11.9 Å². The van der Waals surface area contributed by atoms with Crippen molar-refractivity contribution >= 4 is 11.7 Å². The van der Waals surface area contributed by atoms with Gasteiger partial charge in [-0.05, 0) is 24.6 Å². The number of anilines is 1. The number of nitrogens with zero attached hydrogens (tertiary/aromatic N) is 3. The van der Waals surface area contributed by atoms with Crippen LogP contribution in [0.2, 0.25) is 0 Å². The Balaban J connectivity index is 2.27. The maximum Gasteiger partial charge on any atom is 0.433 e. The first-order valence-electron chi connectivity index (χ1n) is 9.12. The van der Waals surface area contributed by atoms with Gasteiger partial charge in [0.2, 0.25) is 11.8 Å². The van der Waals surface area contributed by atoms with E-state index in [0.29, 0.717) is 11.3 Å². The minimum absolute atomic E-state index is 0.0677. The lowest BCUT2D eigenvalue weighted by Gasteiger charge is -2.16. The topological polar surface area (TPSA) is 91.0 Å². The molecule has 0 aliphatic heterocycles. The average molecular weight is 416 g/mol. The summed E-state index contributed by atoms with van der Waals surface area (Å²) in [5.41, 5.74) is 6.20. The highest BCUT2D eigenvalue weighted by Crippen LogP contribution is 2.40. The number of ketones is 1. The number of rotatable bonds is 6. The second-order valence-corrected chi connectivity index (χ2v) is 6.54. The van der Waals surface area contributed by atoms with Crippen LogP contribution >= 0.6 is 0 Å². The Morgan fingerprint density at radius 3 is 2.40 bits per heavy atom. The predicted molar refractivity (Wildman–Crippen MR) is 106 cm³/mol. The fourth-order valence-corrected chi connectivity index (χ4v) is 2.84. The van der Waals surface area contributed by atoms with Crippen LogP contribution in [-0.2, 0) is 11.0 Å². The van der Waals surface area contributed by atoms with Crippen molar-refractivity contribution in [3.63, 3.8) is 0 Å². The number of pyridine rings is 1. The average Bonchev–Trinajstić information content (AvgIpc) is 2.71. The third-order valence-corrected chi connectivity index (χ3v) is 4.24. The van der Waals surface area contributed by atoms with Gasteiger partial charge in [0, 0.05) is 17.7 Å². The van der Waals surface area contributed by atoms with Crippen LogP contribution < -0.4 is 10.5 Å². The highest BCUT2D eigenvalue weighted by Gasteiger charge is 2.33. The quantitative estimate of drug-likeness (QED) is 0.637. The summed E-state index contributed by atoms with van der Waals surface area (Å²) < 4.78 is 45.7. The molecule has 2 aromatic heterocycles. The molecule has 6 nitrogen and oxygen atoms in total. The third kappa shape index (κ3) is 4.73. The first-order valence-corrected chi connectivity index (χ1v) is 9.12. The van der Waals surface area contributed by atoms with Gasteiger partial charge in [-0.3, -0.25) is 4.79 Å². The second-order valence-electron chi connectivity index (χ2n) is 6.54. The van der Waals surface area contributed by atoms with Crippen molar-refractivity contribution in [2.45, 2.75) is 26.4 Å². The number of hydrogen-bond donors (Lipinski definition) is 1. The summed E-state index contributed by atoms with van der Waals surface area (Å²) in [5.74, 6) is -0.387. The summed E-state index contributed by atoms with van der Waals surface area (Å²) in [6.45, 7) is 2.85. The van der Waals surface area contributed by atoms with E-state index in [9.17, 15) is 18.0 Å². The molecule has 3 rings (SSSR count). The van der Waals surface area contributed by atoms with Gasteiger partial charge in [0.1, 0.15) is 12.3 Å². The first-order chi connectivity index (χ1) is 14.2. The molecular weight excluding hydrogens is 397 g/mol. The molecule has 0 saturated carbocycles. The van der Waals surface area contributed by atoms with Gasteiger partial charge in [-0.15, -0.1) is 0 Å². The zero-order chi connectivity index (χ0) is 21.9. The van der Waals surface area contributed by atoms with Gasteiger partial charge in [0.05, 0.1) is 11.3 Å². The van der Waals surface area contributed by atoms with Gasteiger partial charge < -0.3 is 10.5 Å². The second kappa shape index (κ2) is 8.48. The van der Waals surface area contributed by atoms with Gasteiger partial charge in [-0.25, -0.2) is 9.97 Å². The molecule has 0 saturated heterocycles. The van der Waals surface area contributed by atoms with Crippen molar-refractivity contribution in [3.8, 4) is 28.3 Å². The molecule has 3 aromatic rings. The molecule has 0 fully saturated rings. The molecule has 0 atom stereocenters. The minimum Gasteiger partial charge on any atom is -0.469 e. The number of alkyl halides is 3. The normalized spacial score (nSPS) is 11.4. The molecule has 0 amide bonds. The van der Waals surface area contributed by atoms with E-state index in [1.54, 1.807) is 37.3 Å². The summed E-state index contributed by atoms with van der Waals surface area (Å²) in [7, 11) is 0. The fraction of sp³-hybridized carbons (Fsp3) is 0.238. The molecular formula is C21H19F3N4O2. The molecule has 9 heteroatoms. The smallest absolute Gasteiger partial charge is 0.433 e. The summed E-state index contributed by atoms with van der Waals surface area (Å²) in [6, 6.07) is 11.2. The van der Waals surface area contributed by atoms with Crippen LogP contribution in [0.4, 0.5) is 19.1 Å². The van der Waals surface area contributed by atoms with E-state index in [0.717, 1.165) is 6.07 Å². The standard InChI is InChI=1S/C21H19F3N4O2/c1-3-15(29)11-30-19-17(14-9-12(2)26-16(10-14)21(22,23)24)18(27-20(25)28-19)13-7-5-4-6-8-13/h4-10H,3,11H2,1-2H3,(H2,25,27,28). The van der Waals surface area contributed by atoms with Crippen LogP contribution in [0.3, 0.4) is 0 Å². The van der Waals surface area contributed by atoms with Gasteiger partial charge in [-0.1, -0.05) is 37.3 Å². The van der Waals surface area contributed by atoms with Gasteiger partial charge in [0.25, 0.3) is 0 Å². The third-order valence-electron chi connectivity index (χ3n) is 4.24. The molecule has 2 heterocycles. The molecule has 0 spiro atoms. The van der Waals surface area contributed by atoms with Crippen molar-refractivity contribution in [3.05, 3.63) is 53.9 Å². The van der Waals surface area contributed by atoms with Crippen LogP contribution in [0.5, 0.6) is 5.88 Å². The molecule has 0 radical (unpaired) electrons. The van der Waals surface area contributed by atoms with Crippen LogP contribution in [0.25, 0.3) is 22.4 Å². The number of halogens is 3. The monoisotopic (exact) mass is 416 g/mol. The highest BCUT2D eigenvalue weighted by molar-refractivity contribution is 5.86. The van der Waals surface area contributed by atoms with Crippen LogP contribution in [0.15, 0.2) is 42.5 Å². The maximum absolute atomic E-state index is 13.4. The summed E-state index contributed by atoms with van der Waals surface area (Å²) in [6.07, 6.45) is -4.39. The van der Waals surface area contributed by atoms with E-state index >= 15 is 0 Å². The number of nitrogen functional groups attached to an aromatic ring is 1. The fourth-order valence-electron chi connectivity index (χ4n) is 2.84. The SMILES string of the molecule is CCC(=O)COc1nc(N)nc(-c2ccccc2)c1-c1cc(C)nc(C(F)(F)F)c1. The predicted octanol–water partition coefficient (Wildman–Crippen LogP) is 4.47. The van der Waals surface area contributed by atoms with Crippen molar-refractivity contribution < 1.29 is 22.7 Å². The van der Waals surface area contributed by atoms with E-state index in [1.165, 1.54) is 13.0 Å². The molecule has 1 aromatic carbocycles. The lowest BCUT2D eigenvalue weighted by atomic mass is 9.99. The van der Waals surface area contributed by atoms with Crippen LogP contribution in [0, 0.1) is 6.92 Å². The number of nitrogens with two attached hydrogens (primary N) is 1. The molecule has 0 bridgehead atoms. The van der Waals surface area contributed by atoms with Gasteiger partial charge in [-0.2, -0.15) is 18.2 Å². The van der Waals surface area contributed by atoms with Crippen molar-refractivity contribution in [1.82, 2.24) is 15.0 Å². The Hall–Kier alpha value is -3.49. The minimum atomic E-state index is -4.64. The number of benzene rings is 1. The van der Waals surface area contributed by atoms with E-state index in [1.807, 2.05) is 0 Å². The first kappa shape index (κ1) is 21.2. The molecule has 0 aliphatic carbocycles. The number of aryl methyl sites for hydroxylation is 1. The zero-order valence-electron chi connectivity index (χ0n) is 16.3. The largest absolute Gasteiger partial charge is 0.469 e.